The third kappa shape index (κ3) is 7.01. The summed E-state index contributed by atoms with van der Waals surface area (Å²) >= 11 is 0. The Balaban J connectivity index is 1.50. The van der Waals surface area contributed by atoms with Crippen LogP contribution in [0.15, 0.2) is 88.7 Å². The van der Waals surface area contributed by atoms with Crippen LogP contribution in [0.3, 0.4) is 0 Å². The van der Waals surface area contributed by atoms with E-state index in [0.29, 0.717) is 22.7 Å². The second-order valence-corrected chi connectivity index (χ2v) is 12.9. The molecule has 0 spiro atoms. The van der Waals surface area contributed by atoms with Crippen LogP contribution in [0.1, 0.15) is 27.0 Å². The predicted molar refractivity (Wildman–Crippen MR) is 163 cm³/mol. The van der Waals surface area contributed by atoms with E-state index in [4.69, 9.17) is 9.47 Å². The molecule has 0 saturated carbocycles. The Kier molecular flexibility index (Phi) is 8.78. The summed E-state index contributed by atoms with van der Waals surface area (Å²) < 4.78 is 67.8. The smallest absolute Gasteiger partial charge is 0.262 e. The minimum atomic E-state index is -3.98. The summed E-state index contributed by atoms with van der Waals surface area (Å²) in [6, 6.07) is 20.0. The van der Waals surface area contributed by atoms with Crippen molar-refractivity contribution in [2.75, 3.05) is 29.0 Å². The number of benzene rings is 4. The Labute approximate surface area is 245 Å². The first-order valence-corrected chi connectivity index (χ1v) is 15.7. The summed E-state index contributed by atoms with van der Waals surface area (Å²) in [7, 11) is -5.06. The minimum Gasteiger partial charge on any atom is -0.497 e. The lowest BCUT2D eigenvalue weighted by atomic mass is 10.1. The van der Waals surface area contributed by atoms with Gasteiger partial charge in [-0.2, -0.15) is 0 Å². The number of ether oxygens (including phenoxy) is 2. The maximum Gasteiger partial charge on any atom is 0.262 e. The van der Waals surface area contributed by atoms with Crippen LogP contribution >= 0.6 is 0 Å². The second kappa shape index (κ2) is 12.1. The highest BCUT2D eigenvalue weighted by atomic mass is 32.2. The molecule has 42 heavy (non-hydrogen) atoms. The number of carbonyl (C=O) groups excluding carboxylic acids is 1. The average molecular weight is 610 g/mol. The van der Waals surface area contributed by atoms with Crippen molar-refractivity contribution < 1.29 is 31.1 Å². The quantitative estimate of drug-likeness (QED) is 0.216. The zero-order chi connectivity index (χ0) is 30.7. The van der Waals surface area contributed by atoms with Gasteiger partial charge in [0.1, 0.15) is 11.5 Å². The molecule has 0 saturated heterocycles. The summed E-state index contributed by atoms with van der Waals surface area (Å²) in [4.78, 5) is 12.9. The number of methoxy groups -OCH3 is 2. The van der Waals surface area contributed by atoms with Gasteiger partial charge in [0.25, 0.3) is 26.0 Å². The van der Waals surface area contributed by atoms with Gasteiger partial charge < -0.3 is 14.8 Å². The summed E-state index contributed by atoms with van der Waals surface area (Å²) in [6.07, 6.45) is 0. The lowest BCUT2D eigenvalue weighted by Gasteiger charge is -2.14. The molecule has 0 atom stereocenters. The number of anilines is 3. The van der Waals surface area contributed by atoms with Gasteiger partial charge in [-0.3, -0.25) is 14.2 Å². The van der Waals surface area contributed by atoms with E-state index in [2.05, 4.69) is 14.8 Å². The molecule has 1 amide bonds. The maximum atomic E-state index is 13.2. The van der Waals surface area contributed by atoms with E-state index < -0.39 is 26.0 Å². The predicted octanol–water partition coefficient (Wildman–Crippen LogP) is 5.48. The maximum absolute atomic E-state index is 13.2. The summed E-state index contributed by atoms with van der Waals surface area (Å²) in [6.45, 7) is 5.39. The SMILES string of the molecule is COc1ccc(NS(=O)(=O)c2ccc(NC(=O)c3ccc(C)c(S(=O)(=O)Nc4cc(C)cc(C)c4)c3)cc2)c(OC)c1. The molecule has 0 aliphatic carbocycles. The third-order valence-electron chi connectivity index (χ3n) is 6.29. The molecule has 0 aliphatic rings. The number of aryl methyl sites for hydroxylation is 3. The van der Waals surface area contributed by atoms with Crippen molar-refractivity contribution >= 4 is 43.0 Å². The fourth-order valence-corrected chi connectivity index (χ4v) is 6.66. The van der Waals surface area contributed by atoms with Crippen LogP contribution in [-0.2, 0) is 20.0 Å². The molecule has 12 heteroatoms. The van der Waals surface area contributed by atoms with Gasteiger partial charge in [0.05, 0.1) is 29.7 Å². The van der Waals surface area contributed by atoms with Crippen LogP contribution in [0.25, 0.3) is 0 Å². The molecule has 4 aromatic rings. The van der Waals surface area contributed by atoms with E-state index in [1.807, 2.05) is 19.9 Å². The molecule has 0 fully saturated rings. The first kappa shape index (κ1) is 30.4. The Morgan fingerprint density at radius 2 is 1.33 bits per heavy atom. The lowest BCUT2D eigenvalue weighted by Crippen LogP contribution is -2.17. The zero-order valence-electron chi connectivity index (χ0n) is 23.7. The highest BCUT2D eigenvalue weighted by Gasteiger charge is 2.21. The fourth-order valence-electron chi connectivity index (χ4n) is 4.28. The molecule has 10 nitrogen and oxygen atoms in total. The standard InChI is InChI=1S/C30H31N3O7S2/c1-19-14-20(2)16-24(15-19)32-42(37,38)29-17-22(7-6-21(29)3)30(34)31-23-8-11-26(12-9-23)41(35,36)33-27-13-10-25(39-4)18-28(27)40-5/h6-18,32-33H,1-5H3,(H,31,34). The first-order chi connectivity index (χ1) is 19.8. The number of hydrogen-bond donors (Lipinski definition) is 3. The topological polar surface area (TPSA) is 140 Å². The van der Waals surface area contributed by atoms with Crippen LogP contribution < -0.4 is 24.2 Å². The molecule has 4 aromatic carbocycles. The molecule has 0 radical (unpaired) electrons. The largest absolute Gasteiger partial charge is 0.497 e. The number of nitrogens with one attached hydrogen (secondary N) is 3. The number of rotatable bonds is 10. The molecule has 0 bridgehead atoms. The molecule has 0 aliphatic heterocycles. The van der Waals surface area contributed by atoms with Crippen LogP contribution in [-0.4, -0.2) is 37.0 Å². The number of amides is 1. The normalized spacial score (nSPS) is 11.5. The van der Waals surface area contributed by atoms with E-state index >= 15 is 0 Å². The van der Waals surface area contributed by atoms with Crippen molar-refractivity contribution in [3.8, 4) is 11.5 Å². The number of hydrogen-bond acceptors (Lipinski definition) is 7. The van der Waals surface area contributed by atoms with Gasteiger partial charge in [-0.25, -0.2) is 16.8 Å². The van der Waals surface area contributed by atoms with Crippen molar-refractivity contribution in [2.45, 2.75) is 30.6 Å². The van der Waals surface area contributed by atoms with Crippen LogP contribution in [0.4, 0.5) is 17.1 Å². The van der Waals surface area contributed by atoms with Gasteiger partial charge >= 0.3 is 0 Å². The molecule has 0 unspecified atom stereocenters. The summed E-state index contributed by atoms with van der Waals surface area (Å²) in [5, 5.41) is 2.68. The fraction of sp³-hybridized carbons (Fsp3) is 0.167. The number of carbonyl (C=O) groups is 1. The first-order valence-electron chi connectivity index (χ1n) is 12.7. The van der Waals surface area contributed by atoms with Crippen molar-refractivity contribution in [3.63, 3.8) is 0 Å². The minimum absolute atomic E-state index is 0.0317. The molecular formula is C30H31N3O7S2. The van der Waals surface area contributed by atoms with Crippen LogP contribution in [0.2, 0.25) is 0 Å². The molecule has 0 aromatic heterocycles. The van der Waals surface area contributed by atoms with Crippen molar-refractivity contribution in [1.82, 2.24) is 0 Å². The summed E-state index contributed by atoms with van der Waals surface area (Å²) in [5.41, 5.74) is 3.38. The lowest BCUT2D eigenvalue weighted by molar-refractivity contribution is 0.102. The summed E-state index contributed by atoms with van der Waals surface area (Å²) in [5.74, 6) is 0.228. The highest BCUT2D eigenvalue weighted by molar-refractivity contribution is 7.93. The van der Waals surface area contributed by atoms with Gasteiger partial charge in [-0.05, 0) is 98.1 Å². The van der Waals surface area contributed by atoms with Gasteiger partial charge in [0.2, 0.25) is 0 Å². The third-order valence-corrected chi connectivity index (χ3v) is 9.19. The van der Waals surface area contributed by atoms with Crippen LogP contribution in [0.5, 0.6) is 11.5 Å². The highest BCUT2D eigenvalue weighted by Crippen LogP contribution is 2.31. The number of sulfonamides is 2. The molecule has 3 N–H and O–H groups in total. The van der Waals surface area contributed by atoms with Crippen molar-refractivity contribution in [1.29, 1.82) is 0 Å². The molecular weight excluding hydrogens is 578 g/mol. The molecule has 220 valence electrons. The van der Waals surface area contributed by atoms with Gasteiger partial charge in [-0.15, -0.1) is 0 Å². The van der Waals surface area contributed by atoms with E-state index in [-0.39, 0.29) is 26.8 Å². The van der Waals surface area contributed by atoms with E-state index in [9.17, 15) is 21.6 Å². The monoisotopic (exact) mass is 609 g/mol. The van der Waals surface area contributed by atoms with Gasteiger partial charge in [0.15, 0.2) is 0 Å². The Bertz CT molecular complexity index is 1830. The van der Waals surface area contributed by atoms with Gasteiger partial charge in [-0.1, -0.05) is 12.1 Å². The van der Waals surface area contributed by atoms with Crippen molar-refractivity contribution in [2.24, 2.45) is 0 Å². The van der Waals surface area contributed by atoms with Gasteiger partial charge in [0, 0.05) is 23.0 Å². The average Bonchev–Trinajstić information content (AvgIpc) is 2.92. The van der Waals surface area contributed by atoms with Crippen LogP contribution in [0, 0.1) is 20.8 Å². The van der Waals surface area contributed by atoms with E-state index in [1.165, 1.54) is 56.7 Å². The Morgan fingerprint density at radius 1 is 0.667 bits per heavy atom. The van der Waals surface area contributed by atoms with E-state index in [0.717, 1.165) is 11.1 Å². The molecule has 4 rings (SSSR count). The zero-order valence-corrected chi connectivity index (χ0v) is 25.3. The Hall–Kier alpha value is -4.55. The van der Waals surface area contributed by atoms with Crippen molar-refractivity contribution in [3.05, 3.63) is 101 Å². The molecule has 0 heterocycles. The second-order valence-electron chi connectivity index (χ2n) is 9.61. The van der Waals surface area contributed by atoms with E-state index in [1.54, 1.807) is 37.3 Å². The Morgan fingerprint density at radius 3 is 1.95 bits per heavy atom.